The summed E-state index contributed by atoms with van der Waals surface area (Å²) in [7, 11) is 0. The number of aromatic amines is 1. The number of unbranched alkanes of at least 4 members (excludes halogenated alkanes) is 1. The number of H-pyrrole nitrogens is 1. The molecular weight excluding hydrogens is 795 g/mol. The number of benzene rings is 4. The molecule has 9 N–H and O–H groups in total. The number of nitrogens with one attached hydrogen (secondary N) is 5. The Hall–Kier alpha value is -5.63. The molecule has 0 saturated carbocycles. The molecule has 0 spiro atoms. The lowest BCUT2D eigenvalue weighted by Gasteiger charge is -2.29. The standard InChI is InChI=1S/C50H67N7O6/c1-32(2)23-43(46(59)28-47(60)55-44(24-33(3)4)49(62)53-22-10-9-19-39(51)30-58)56-50(63)45(27-40-29-52-31-54-40)57-48(61)38(25-36-17-11-15-34-13-5-7-20-41(34)36)26-37-18-12-16-35-14-6-8-21-42(35)37/h5-8,11-18,20-21,29,31-33,38-39,43-46,58-59H,9-10,19,22-28,30,51H2,1-4H3,(H,52,54)(H,53,62)(H,55,60)(H,56,63)(H,57,61)/t39-,43?,44-,45?,46-/m0/s1. The number of fused-ring (bicyclic) bond motifs is 2. The molecule has 1 heterocycles. The number of aliphatic hydroxyl groups is 2. The second-order valence-electron chi connectivity index (χ2n) is 17.7. The summed E-state index contributed by atoms with van der Waals surface area (Å²) in [5.74, 6) is -2.06. The maximum absolute atomic E-state index is 14.7. The summed E-state index contributed by atoms with van der Waals surface area (Å²) in [6, 6.07) is 25.4. The Balaban J connectivity index is 1.33. The number of nitrogens with zero attached hydrogens (tertiary/aromatic N) is 1. The van der Waals surface area contributed by atoms with E-state index in [0.717, 1.165) is 39.1 Å². The van der Waals surface area contributed by atoms with Crippen molar-refractivity contribution in [2.45, 2.75) is 116 Å². The van der Waals surface area contributed by atoms with Crippen LogP contribution in [0.5, 0.6) is 0 Å². The van der Waals surface area contributed by atoms with E-state index in [9.17, 15) is 24.3 Å². The molecule has 0 radical (unpaired) electrons. The third-order valence-electron chi connectivity index (χ3n) is 11.5. The van der Waals surface area contributed by atoms with Crippen LogP contribution in [0, 0.1) is 17.8 Å². The van der Waals surface area contributed by atoms with Crippen LogP contribution >= 0.6 is 0 Å². The highest BCUT2D eigenvalue weighted by molar-refractivity contribution is 5.92. The molecule has 13 nitrogen and oxygen atoms in total. The van der Waals surface area contributed by atoms with E-state index in [2.05, 4.69) is 67.6 Å². The molecule has 5 atom stereocenters. The topological polar surface area (TPSA) is 212 Å². The van der Waals surface area contributed by atoms with Crippen molar-refractivity contribution in [3.8, 4) is 0 Å². The molecule has 0 bridgehead atoms. The minimum atomic E-state index is -1.29. The summed E-state index contributed by atoms with van der Waals surface area (Å²) in [6.45, 7) is 8.14. The number of carbonyl (C=O) groups is 4. The number of carbonyl (C=O) groups excluding carboxylic acids is 4. The number of rotatable bonds is 25. The number of nitrogens with two attached hydrogens (primary N) is 1. The number of amides is 4. The monoisotopic (exact) mass is 862 g/mol. The van der Waals surface area contributed by atoms with Crippen LogP contribution in [0.25, 0.3) is 21.5 Å². The minimum absolute atomic E-state index is 0.0332. The van der Waals surface area contributed by atoms with E-state index in [1.165, 1.54) is 6.33 Å². The van der Waals surface area contributed by atoms with Gasteiger partial charge in [-0.1, -0.05) is 119 Å². The molecule has 5 aromatic rings. The largest absolute Gasteiger partial charge is 0.395 e. The van der Waals surface area contributed by atoms with Crippen molar-refractivity contribution < 1.29 is 29.4 Å². The third-order valence-corrected chi connectivity index (χ3v) is 11.5. The molecule has 2 unspecified atom stereocenters. The molecule has 63 heavy (non-hydrogen) atoms. The minimum Gasteiger partial charge on any atom is -0.395 e. The first-order valence-corrected chi connectivity index (χ1v) is 22.4. The lowest BCUT2D eigenvalue weighted by molar-refractivity contribution is -0.133. The maximum atomic E-state index is 14.7. The Kier molecular flexibility index (Phi) is 18.7. The number of imidazole rings is 1. The van der Waals surface area contributed by atoms with E-state index in [0.29, 0.717) is 50.8 Å². The molecule has 5 rings (SSSR count). The van der Waals surface area contributed by atoms with E-state index in [4.69, 9.17) is 10.8 Å². The molecule has 0 fully saturated rings. The maximum Gasteiger partial charge on any atom is 0.243 e. The molecule has 0 saturated heterocycles. The van der Waals surface area contributed by atoms with E-state index in [-0.39, 0.29) is 49.1 Å². The second-order valence-corrected chi connectivity index (χ2v) is 17.7. The fourth-order valence-corrected chi connectivity index (χ4v) is 8.19. The summed E-state index contributed by atoms with van der Waals surface area (Å²) in [5.41, 5.74) is 8.47. The van der Waals surface area contributed by atoms with Crippen molar-refractivity contribution >= 4 is 45.2 Å². The van der Waals surface area contributed by atoms with Gasteiger partial charge in [0, 0.05) is 36.8 Å². The van der Waals surface area contributed by atoms with Gasteiger partial charge in [0.1, 0.15) is 12.1 Å². The molecule has 4 amide bonds. The lowest BCUT2D eigenvalue weighted by Crippen LogP contribution is -2.55. The molecule has 0 aliphatic rings. The predicted molar refractivity (Wildman–Crippen MR) is 248 cm³/mol. The van der Waals surface area contributed by atoms with Crippen LogP contribution in [-0.4, -0.2) is 87.2 Å². The molecule has 0 aliphatic carbocycles. The Morgan fingerprint density at radius 1 is 0.698 bits per heavy atom. The first-order valence-electron chi connectivity index (χ1n) is 22.4. The van der Waals surface area contributed by atoms with Gasteiger partial charge in [0.25, 0.3) is 0 Å². The average Bonchev–Trinajstić information content (AvgIpc) is 3.78. The zero-order valence-electron chi connectivity index (χ0n) is 37.2. The van der Waals surface area contributed by atoms with E-state index in [1.54, 1.807) is 6.20 Å². The van der Waals surface area contributed by atoms with E-state index in [1.807, 2.05) is 76.2 Å². The van der Waals surface area contributed by atoms with Gasteiger partial charge < -0.3 is 42.2 Å². The van der Waals surface area contributed by atoms with Crippen LogP contribution in [0.1, 0.15) is 83.0 Å². The zero-order valence-corrected chi connectivity index (χ0v) is 37.2. The van der Waals surface area contributed by atoms with Crippen LogP contribution in [-0.2, 0) is 38.4 Å². The summed E-state index contributed by atoms with van der Waals surface area (Å²) < 4.78 is 0. The van der Waals surface area contributed by atoms with E-state index < -0.39 is 42.0 Å². The Morgan fingerprint density at radius 3 is 1.87 bits per heavy atom. The van der Waals surface area contributed by atoms with Gasteiger partial charge in [0.2, 0.25) is 23.6 Å². The third kappa shape index (κ3) is 15.0. The lowest BCUT2D eigenvalue weighted by atomic mass is 9.87. The van der Waals surface area contributed by atoms with Crippen LogP contribution in [0.4, 0.5) is 0 Å². The molecule has 338 valence electrons. The smallest absolute Gasteiger partial charge is 0.243 e. The van der Waals surface area contributed by atoms with E-state index >= 15 is 0 Å². The molecule has 4 aromatic carbocycles. The van der Waals surface area contributed by atoms with Gasteiger partial charge in [-0.15, -0.1) is 0 Å². The van der Waals surface area contributed by atoms with Gasteiger partial charge in [0.15, 0.2) is 0 Å². The molecule has 13 heteroatoms. The van der Waals surface area contributed by atoms with Crippen LogP contribution in [0.3, 0.4) is 0 Å². The van der Waals surface area contributed by atoms with Crippen LogP contribution < -0.4 is 27.0 Å². The average molecular weight is 862 g/mol. The summed E-state index contributed by atoms with van der Waals surface area (Å²) in [5, 5.41) is 36.8. The first kappa shape index (κ1) is 48.4. The van der Waals surface area contributed by atoms with Crippen LogP contribution in [0.2, 0.25) is 0 Å². The SMILES string of the molecule is CC(C)CC(NC(=O)C(Cc1cnc[nH]1)NC(=O)C(Cc1cccc2ccccc12)Cc1cccc2ccccc12)[C@@H](O)CC(=O)N[C@@H](CC(C)C)C(=O)NCCCC[C@H](N)CO. The van der Waals surface area contributed by atoms with Gasteiger partial charge in [-0.25, -0.2) is 4.98 Å². The summed E-state index contributed by atoms with van der Waals surface area (Å²) in [4.78, 5) is 63.0. The van der Waals surface area contributed by atoms with Crippen molar-refractivity contribution in [3.05, 3.63) is 114 Å². The number of hydrogen-bond donors (Lipinski definition) is 8. The van der Waals surface area contributed by atoms with Gasteiger partial charge in [0.05, 0.1) is 31.5 Å². The van der Waals surface area contributed by atoms with Crippen molar-refractivity contribution in [3.63, 3.8) is 0 Å². The van der Waals surface area contributed by atoms with Crippen LogP contribution in [0.15, 0.2) is 97.5 Å². The van der Waals surface area contributed by atoms with Crippen molar-refractivity contribution in [1.82, 2.24) is 31.2 Å². The molecular formula is C50H67N7O6. The fraction of sp³-hybridized carbons (Fsp3) is 0.460. The van der Waals surface area contributed by atoms with Crippen molar-refractivity contribution in [1.29, 1.82) is 0 Å². The van der Waals surface area contributed by atoms with Gasteiger partial charge >= 0.3 is 0 Å². The van der Waals surface area contributed by atoms with Gasteiger partial charge in [-0.3, -0.25) is 19.2 Å². The Bertz CT molecular complexity index is 2140. The fourth-order valence-electron chi connectivity index (χ4n) is 8.19. The Labute approximate surface area is 371 Å². The van der Waals surface area contributed by atoms with Gasteiger partial charge in [-0.2, -0.15) is 0 Å². The highest BCUT2D eigenvalue weighted by atomic mass is 16.3. The summed E-state index contributed by atoms with van der Waals surface area (Å²) in [6.07, 6.45) is 5.24. The normalized spacial score (nSPS) is 14.1. The molecule has 1 aromatic heterocycles. The quantitative estimate of drug-likeness (QED) is 0.0362. The number of hydrogen-bond acceptors (Lipinski definition) is 8. The number of aliphatic hydroxyl groups excluding tert-OH is 2. The zero-order chi connectivity index (χ0) is 45.3. The predicted octanol–water partition coefficient (Wildman–Crippen LogP) is 5.26. The molecule has 0 aliphatic heterocycles. The van der Waals surface area contributed by atoms with Crippen molar-refractivity contribution in [2.24, 2.45) is 23.5 Å². The first-order chi connectivity index (χ1) is 30.3. The second kappa shape index (κ2) is 24.3. The highest BCUT2D eigenvalue weighted by Gasteiger charge is 2.32. The van der Waals surface area contributed by atoms with Crippen molar-refractivity contribution in [2.75, 3.05) is 13.2 Å². The van der Waals surface area contributed by atoms with Gasteiger partial charge in [-0.05, 0) is 83.0 Å². The highest BCUT2D eigenvalue weighted by Crippen LogP contribution is 2.27. The Morgan fingerprint density at radius 2 is 1.30 bits per heavy atom. The number of aromatic nitrogens is 2. The summed E-state index contributed by atoms with van der Waals surface area (Å²) >= 11 is 0.